The fourth-order valence-corrected chi connectivity index (χ4v) is 3.90. The van der Waals surface area contributed by atoms with Crippen LogP contribution in [-0.4, -0.2) is 28.1 Å². The molecular formula is C21H23N3O3S. The Morgan fingerprint density at radius 3 is 2.57 bits per heavy atom. The lowest BCUT2D eigenvalue weighted by atomic mass is 10.0. The Hall–Kier alpha value is -2.93. The number of aliphatic carboxylic acids is 1. The van der Waals surface area contributed by atoms with Gasteiger partial charge < -0.3 is 15.7 Å². The fraction of sp³-hybridized carbons (Fsp3) is 0.286. The maximum absolute atomic E-state index is 12.2. The summed E-state index contributed by atoms with van der Waals surface area (Å²) >= 11 is 1.62. The first-order valence-electron chi connectivity index (χ1n) is 9.10. The predicted molar refractivity (Wildman–Crippen MR) is 113 cm³/mol. The van der Waals surface area contributed by atoms with Crippen LogP contribution in [0.25, 0.3) is 20.8 Å². The Morgan fingerprint density at radius 2 is 1.93 bits per heavy atom. The van der Waals surface area contributed by atoms with E-state index >= 15 is 0 Å². The highest BCUT2D eigenvalue weighted by atomic mass is 32.1. The van der Waals surface area contributed by atoms with Crippen molar-refractivity contribution in [1.82, 2.24) is 10.3 Å². The number of carbonyl (C=O) groups excluding carboxylic acids is 1. The number of nitrogens with one attached hydrogen (secondary N) is 2. The maximum atomic E-state index is 12.2. The molecule has 0 radical (unpaired) electrons. The third-order valence-electron chi connectivity index (χ3n) is 4.33. The van der Waals surface area contributed by atoms with Crippen LogP contribution < -0.4 is 10.6 Å². The molecule has 3 rings (SSSR count). The number of aryl methyl sites for hydroxylation is 1. The minimum atomic E-state index is -1.04. The molecule has 0 aliphatic carbocycles. The van der Waals surface area contributed by atoms with E-state index in [1.54, 1.807) is 11.3 Å². The number of aromatic nitrogens is 1. The van der Waals surface area contributed by atoms with E-state index in [9.17, 15) is 14.7 Å². The Balaban J connectivity index is 1.73. The first-order valence-corrected chi connectivity index (χ1v) is 9.92. The van der Waals surface area contributed by atoms with Crippen molar-refractivity contribution in [2.45, 2.75) is 33.2 Å². The van der Waals surface area contributed by atoms with E-state index in [1.165, 1.54) is 0 Å². The van der Waals surface area contributed by atoms with Gasteiger partial charge in [-0.1, -0.05) is 26.0 Å². The molecule has 28 heavy (non-hydrogen) atoms. The van der Waals surface area contributed by atoms with Crippen molar-refractivity contribution in [3.8, 4) is 10.6 Å². The second-order valence-electron chi connectivity index (χ2n) is 7.14. The third kappa shape index (κ3) is 4.67. The molecular weight excluding hydrogens is 374 g/mol. The van der Waals surface area contributed by atoms with E-state index in [0.29, 0.717) is 12.1 Å². The standard InChI is InChI=1S/C21H23N3O3S/c1-12(2)10-17(20(25)26)24-21(27)23-15-9-8-14(11-13(15)3)19-22-16-6-4-5-7-18(16)28-19/h4-9,11-12,17H,10H2,1-3H3,(H,25,26)(H2,23,24,27). The number of anilines is 1. The SMILES string of the molecule is Cc1cc(-c2nc3ccccc3s2)ccc1NC(=O)NC(CC(C)C)C(=O)O. The molecule has 0 fully saturated rings. The summed E-state index contributed by atoms with van der Waals surface area (Å²) in [5.41, 5.74) is 3.46. The highest BCUT2D eigenvalue weighted by Crippen LogP contribution is 2.31. The van der Waals surface area contributed by atoms with Crippen LogP contribution >= 0.6 is 11.3 Å². The van der Waals surface area contributed by atoms with Crippen molar-refractivity contribution >= 4 is 39.2 Å². The Kier molecular flexibility index (Phi) is 5.94. The van der Waals surface area contributed by atoms with Gasteiger partial charge in [-0.15, -0.1) is 11.3 Å². The lowest BCUT2D eigenvalue weighted by Crippen LogP contribution is -2.43. The summed E-state index contributed by atoms with van der Waals surface area (Å²) in [6.07, 6.45) is 0.373. The molecule has 3 N–H and O–H groups in total. The Labute approximate surface area is 167 Å². The average molecular weight is 398 g/mol. The topological polar surface area (TPSA) is 91.3 Å². The predicted octanol–water partition coefficient (Wildman–Crippen LogP) is 4.89. The summed E-state index contributed by atoms with van der Waals surface area (Å²) in [6.45, 7) is 5.73. The second kappa shape index (κ2) is 8.39. The van der Waals surface area contributed by atoms with Gasteiger partial charge in [0.25, 0.3) is 0 Å². The summed E-state index contributed by atoms with van der Waals surface area (Å²) in [7, 11) is 0. The fourth-order valence-electron chi connectivity index (χ4n) is 2.94. The molecule has 146 valence electrons. The van der Waals surface area contributed by atoms with Crippen LogP contribution in [0.2, 0.25) is 0 Å². The number of benzene rings is 2. The van der Waals surface area contributed by atoms with Gasteiger partial charge in [0.15, 0.2) is 0 Å². The van der Waals surface area contributed by atoms with Gasteiger partial charge >= 0.3 is 12.0 Å². The first-order chi connectivity index (χ1) is 13.3. The largest absolute Gasteiger partial charge is 0.480 e. The van der Waals surface area contributed by atoms with E-state index in [2.05, 4.69) is 15.6 Å². The number of para-hydroxylation sites is 1. The van der Waals surface area contributed by atoms with Gasteiger partial charge in [-0.25, -0.2) is 14.6 Å². The van der Waals surface area contributed by atoms with Crippen molar-refractivity contribution < 1.29 is 14.7 Å². The van der Waals surface area contributed by atoms with Gasteiger partial charge in [-0.3, -0.25) is 0 Å². The van der Waals surface area contributed by atoms with Gasteiger partial charge in [0, 0.05) is 11.3 Å². The van der Waals surface area contributed by atoms with Gasteiger partial charge in [0.05, 0.1) is 10.2 Å². The Morgan fingerprint density at radius 1 is 1.18 bits per heavy atom. The number of amides is 2. The quantitative estimate of drug-likeness (QED) is 0.552. The van der Waals surface area contributed by atoms with E-state index in [-0.39, 0.29) is 5.92 Å². The van der Waals surface area contributed by atoms with Crippen LogP contribution in [0.5, 0.6) is 0 Å². The summed E-state index contributed by atoms with van der Waals surface area (Å²) in [5, 5.41) is 15.5. The molecule has 1 aromatic heterocycles. The van der Waals surface area contributed by atoms with Gasteiger partial charge in [-0.2, -0.15) is 0 Å². The summed E-state index contributed by atoms with van der Waals surface area (Å²) in [6, 6.07) is 12.2. The zero-order valence-corrected chi connectivity index (χ0v) is 16.8. The van der Waals surface area contributed by atoms with Gasteiger partial charge in [-0.05, 0) is 55.2 Å². The summed E-state index contributed by atoms with van der Waals surface area (Å²) in [4.78, 5) is 28.2. The van der Waals surface area contributed by atoms with Crippen molar-refractivity contribution in [3.63, 3.8) is 0 Å². The molecule has 1 unspecified atom stereocenters. The molecule has 0 spiro atoms. The molecule has 1 heterocycles. The number of carbonyl (C=O) groups is 2. The zero-order chi connectivity index (χ0) is 20.3. The molecule has 7 heteroatoms. The Bertz CT molecular complexity index is 980. The second-order valence-corrected chi connectivity index (χ2v) is 8.17. The van der Waals surface area contributed by atoms with E-state index in [4.69, 9.17) is 0 Å². The minimum absolute atomic E-state index is 0.163. The molecule has 0 bridgehead atoms. The molecule has 0 saturated carbocycles. The molecule has 3 aromatic rings. The average Bonchev–Trinajstić information content (AvgIpc) is 3.06. The zero-order valence-electron chi connectivity index (χ0n) is 16.0. The van der Waals surface area contributed by atoms with Crippen LogP contribution in [0.3, 0.4) is 0 Å². The monoisotopic (exact) mass is 397 g/mol. The number of carboxylic acids is 1. The molecule has 2 aromatic carbocycles. The van der Waals surface area contributed by atoms with Crippen LogP contribution in [0.1, 0.15) is 25.8 Å². The van der Waals surface area contributed by atoms with Crippen LogP contribution in [0.4, 0.5) is 10.5 Å². The number of urea groups is 1. The minimum Gasteiger partial charge on any atom is -0.480 e. The van der Waals surface area contributed by atoms with E-state index in [0.717, 1.165) is 26.4 Å². The van der Waals surface area contributed by atoms with Crippen LogP contribution in [0, 0.1) is 12.8 Å². The normalized spacial score (nSPS) is 12.1. The van der Waals surface area contributed by atoms with Crippen molar-refractivity contribution in [3.05, 3.63) is 48.0 Å². The van der Waals surface area contributed by atoms with Crippen LogP contribution in [0.15, 0.2) is 42.5 Å². The number of hydrogen-bond acceptors (Lipinski definition) is 4. The van der Waals surface area contributed by atoms with E-state index < -0.39 is 18.0 Å². The molecule has 0 aliphatic heterocycles. The number of hydrogen-bond donors (Lipinski definition) is 3. The first kappa shape index (κ1) is 19.8. The van der Waals surface area contributed by atoms with E-state index in [1.807, 2.05) is 63.2 Å². The summed E-state index contributed by atoms with van der Waals surface area (Å²) < 4.78 is 1.13. The number of thiazole rings is 1. The number of rotatable bonds is 6. The molecule has 2 amide bonds. The highest BCUT2D eigenvalue weighted by molar-refractivity contribution is 7.21. The lowest BCUT2D eigenvalue weighted by Gasteiger charge is -2.17. The molecule has 0 saturated heterocycles. The number of fused-ring (bicyclic) bond motifs is 1. The van der Waals surface area contributed by atoms with Crippen molar-refractivity contribution in [2.75, 3.05) is 5.32 Å². The highest BCUT2D eigenvalue weighted by Gasteiger charge is 2.21. The lowest BCUT2D eigenvalue weighted by molar-refractivity contribution is -0.139. The number of nitrogens with zero attached hydrogens (tertiary/aromatic N) is 1. The van der Waals surface area contributed by atoms with Gasteiger partial charge in [0.2, 0.25) is 0 Å². The molecule has 1 atom stereocenters. The van der Waals surface area contributed by atoms with Crippen molar-refractivity contribution in [2.24, 2.45) is 5.92 Å². The number of carboxylic acid groups (broad SMARTS) is 1. The molecule has 0 aliphatic rings. The third-order valence-corrected chi connectivity index (χ3v) is 5.41. The smallest absolute Gasteiger partial charge is 0.326 e. The van der Waals surface area contributed by atoms with Crippen LogP contribution in [-0.2, 0) is 4.79 Å². The summed E-state index contributed by atoms with van der Waals surface area (Å²) in [5.74, 6) is -0.872. The maximum Gasteiger partial charge on any atom is 0.326 e. The molecule has 6 nitrogen and oxygen atoms in total. The van der Waals surface area contributed by atoms with Crippen molar-refractivity contribution in [1.29, 1.82) is 0 Å². The van der Waals surface area contributed by atoms with Gasteiger partial charge in [0.1, 0.15) is 11.0 Å².